The fourth-order valence-electron chi connectivity index (χ4n) is 2.64. The van der Waals surface area contributed by atoms with Gasteiger partial charge in [0.2, 0.25) is 0 Å². The fraction of sp³-hybridized carbons (Fsp3) is 0.625. The third-order valence-electron chi connectivity index (χ3n) is 3.77. The van der Waals surface area contributed by atoms with E-state index in [0.29, 0.717) is 17.0 Å². The Morgan fingerprint density at radius 2 is 2.06 bits per heavy atom. The first-order valence-electron chi connectivity index (χ1n) is 7.13. The first kappa shape index (κ1) is 14.1. The highest BCUT2D eigenvalue weighted by atomic mass is 79.9. The largest absolute Gasteiger partial charge is 0.374 e. The molecule has 0 radical (unpaired) electrons. The first-order valence-corrected chi connectivity index (χ1v) is 8.04. The van der Waals surface area contributed by atoms with Crippen LogP contribution in [0.5, 0.6) is 0 Å². The highest BCUT2D eigenvalue weighted by Gasteiger charge is 2.26. The van der Waals surface area contributed by atoms with E-state index < -0.39 is 0 Å². The van der Waals surface area contributed by atoms with Crippen molar-refractivity contribution in [1.82, 2.24) is 0 Å². The maximum Gasteiger partial charge on any atom is 0.0703 e. The first-order chi connectivity index (χ1) is 8.79. The third kappa shape index (κ3) is 4.10. The van der Waals surface area contributed by atoms with Crippen LogP contribution in [0.3, 0.4) is 0 Å². The number of alkyl halides is 1. The molecule has 0 amide bonds. The minimum absolute atomic E-state index is 0.421. The minimum atomic E-state index is 0.421. The Kier molecular flexibility index (Phi) is 5.71. The van der Waals surface area contributed by atoms with Crippen LogP contribution in [0.15, 0.2) is 30.3 Å². The lowest BCUT2D eigenvalue weighted by atomic mass is 9.97. The number of aryl methyl sites for hydroxylation is 1. The van der Waals surface area contributed by atoms with Crippen LogP contribution in [0.2, 0.25) is 0 Å². The van der Waals surface area contributed by atoms with Crippen LogP contribution in [0, 0.1) is 0 Å². The number of ether oxygens (including phenoxy) is 1. The van der Waals surface area contributed by atoms with Crippen LogP contribution in [0.25, 0.3) is 0 Å². The molecule has 1 saturated heterocycles. The molecule has 1 nitrogen and oxygen atoms in total. The molecular formula is C16H23BrO. The summed E-state index contributed by atoms with van der Waals surface area (Å²) in [6.07, 6.45) is 8.07. The Labute approximate surface area is 119 Å². The smallest absolute Gasteiger partial charge is 0.0703 e. The van der Waals surface area contributed by atoms with Gasteiger partial charge in [-0.25, -0.2) is 0 Å². The summed E-state index contributed by atoms with van der Waals surface area (Å²) >= 11 is 3.74. The highest BCUT2D eigenvalue weighted by Crippen LogP contribution is 2.28. The molecule has 0 aromatic heterocycles. The summed E-state index contributed by atoms with van der Waals surface area (Å²) in [4.78, 5) is 0.525. The van der Waals surface area contributed by atoms with Gasteiger partial charge in [-0.05, 0) is 44.1 Å². The molecule has 18 heavy (non-hydrogen) atoms. The van der Waals surface area contributed by atoms with Crippen LogP contribution < -0.4 is 0 Å². The maximum atomic E-state index is 6.21. The topological polar surface area (TPSA) is 9.23 Å². The van der Waals surface area contributed by atoms with E-state index in [1.807, 2.05) is 0 Å². The second kappa shape index (κ2) is 7.30. The number of hydrogen-bond acceptors (Lipinski definition) is 1. The van der Waals surface area contributed by atoms with Gasteiger partial charge < -0.3 is 4.74 Å². The Bertz CT molecular complexity index is 338. The molecule has 100 valence electrons. The monoisotopic (exact) mass is 310 g/mol. The molecule has 2 heteroatoms. The van der Waals surface area contributed by atoms with Crippen LogP contribution in [0.1, 0.15) is 44.6 Å². The molecule has 1 fully saturated rings. The molecule has 1 aromatic carbocycles. The summed E-state index contributed by atoms with van der Waals surface area (Å²) in [5.74, 6) is 0. The van der Waals surface area contributed by atoms with Crippen molar-refractivity contribution in [2.75, 3.05) is 0 Å². The summed E-state index contributed by atoms with van der Waals surface area (Å²) in [7, 11) is 0. The van der Waals surface area contributed by atoms with Crippen molar-refractivity contribution >= 4 is 15.9 Å². The van der Waals surface area contributed by atoms with E-state index in [0.717, 1.165) is 19.3 Å². The second-order valence-electron chi connectivity index (χ2n) is 5.18. The average Bonchev–Trinajstić information content (AvgIpc) is 2.45. The summed E-state index contributed by atoms with van der Waals surface area (Å²) < 4.78 is 6.21. The van der Waals surface area contributed by atoms with Gasteiger partial charge in [0.05, 0.1) is 12.2 Å². The molecule has 1 unspecified atom stereocenters. The standard InChI is InChI=1S/C16H23BrO/c1-2-15(17)16-10-6-9-14(18-16)12-11-13-7-4-3-5-8-13/h3-5,7-8,14-16H,2,6,9-12H2,1H3/t14-,15?,16-/m1/s1. The Hall–Kier alpha value is -0.340. The van der Waals surface area contributed by atoms with Crippen molar-refractivity contribution in [3.63, 3.8) is 0 Å². The summed E-state index contributed by atoms with van der Waals surface area (Å²) in [6.45, 7) is 2.22. The van der Waals surface area contributed by atoms with E-state index in [1.165, 1.54) is 24.8 Å². The number of halogens is 1. The SMILES string of the molecule is CCC(Br)[C@H]1CCC[C@H](CCc2ccccc2)O1. The fourth-order valence-corrected chi connectivity index (χ4v) is 3.03. The van der Waals surface area contributed by atoms with Gasteiger partial charge in [-0.1, -0.05) is 53.2 Å². The van der Waals surface area contributed by atoms with E-state index >= 15 is 0 Å². The molecule has 2 rings (SSSR count). The van der Waals surface area contributed by atoms with Gasteiger partial charge in [-0.3, -0.25) is 0 Å². The van der Waals surface area contributed by atoms with Crippen LogP contribution in [0.4, 0.5) is 0 Å². The molecule has 0 N–H and O–H groups in total. The Morgan fingerprint density at radius 3 is 2.78 bits per heavy atom. The van der Waals surface area contributed by atoms with Gasteiger partial charge in [0.1, 0.15) is 0 Å². The van der Waals surface area contributed by atoms with E-state index in [1.54, 1.807) is 0 Å². The summed E-state index contributed by atoms with van der Waals surface area (Å²) in [5.41, 5.74) is 1.43. The predicted molar refractivity (Wildman–Crippen MR) is 80.3 cm³/mol. The Morgan fingerprint density at radius 1 is 1.28 bits per heavy atom. The molecule has 1 aliphatic heterocycles. The molecule has 3 atom stereocenters. The zero-order chi connectivity index (χ0) is 12.8. The van der Waals surface area contributed by atoms with Crippen molar-refractivity contribution < 1.29 is 4.74 Å². The van der Waals surface area contributed by atoms with E-state index in [2.05, 4.69) is 53.2 Å². The molecule has 1 aliphatic rings. The molecule has 1 aromatic rings. The van der Waals surface area contributed by atoms with Crippen LogP contribution in [-0.4, -0.2) is 17.0 Å². The predicted octanol–water partition coefficient (Wildman–Crippen LogP) is 4.73. The van der Waals surface area contributed by atoms with Crippen LogP contribution in [-0.2, 0) is 11.2 Å². The maximum absolute atomic E-state index is 6.21. The van der Waals surface area contributed by atoms with Crippen LogP contribution >= 0.6 is 15.9 Å². The number of benzene rings is 1. The summed E-state index contributed by atoms with van der Waals surface area (Å²) in [6, 6.07) is 10.7. The van der Waals surface area contributed by atoms with Crippen molar-refractivity contribution in [1.29, 1.82) is 0 Å². The lowest BCUT2D eigenvalue weighted by Crippen LogP contribution is -2.33. The quantitative estimate of drug-likeness (QED) is 0.714. The molecule has 0 spiro atoms. The molecule has 0 saturated carbocycles. The van der Waals surface area contributed by atoms with Crippen molar-refractivity contribution in [3.05, 3.63) is 35.9 Å². The lowest BCUT2D eigenvalue weighted by molar-refractivity contribution is -0.0522. The minimum Gasteiger partial charge on any atom is -0.374 e. The van der Waals surface area contributed by atoms with Crippen molar-refractivity contribution in [2.24, 2.45) is 0 Å². The van der Waals surface area contributed by atoms with E-state index in [9.17, 15) is 0 Å². The van der Waals surface area contributed by atoms with Crippen molar-refractivity contribution in [3.8, 4) is 0 Å². The normalized spacial score (nSPS) is 25.9. The molecule has 0 aliphatic carbocycles. The van der Waals surface area contributed by atoms with Gasteiger partial charge in [0.15, 0.2) is 0 Å². The highest BCUT2D eigenvalue weighted by molar-refractivity contribution is 9.09. The summed E-state index contributed by atoms with van der Waals surface area (Å²) in [5, 5.41) is 0. The van der Waals surface area contributed by atoms with Crippen molar-refractivity contribution in [2.45, 2.75) is 62.5 Å². The molecule has 1 heterocycles. The zero-order valence-electron chi connectivity index (χ0n) is 11.1. The average molecular weight is 311 g/mol. The van der Waals surface area contributed by atoms with E-state index in [-0.39, 0.29) is 0 Å². The van der Waals surface area contributed by atoms with Gasteiger partial charge in [0, 0.05) is 4.83 Å². The van der Waals surface area contributed by atoms with E-state index in [4.69, 9.17) is 4.74 Å². The number of rotatable bonds is 5. The van der Waals surface area contributed by atoms with Gasteiger partial charge in [-0.2, -0.15) is 0 Å². The molecular weight excluding hydrogens is 288 g/mol. The number of hydrogen-bond donors (Lipinski definition) is 0. The third-order valence-corrected chi connectivity index (χ3v) is 5.01. The van der Waals surface area contributed by atoms with Gasteiger partial charge in [-0.15, -0.1) is 0 Å². The lowest BCUT2D eigenvalue weighted by Gasteiger charge is -2.32. The molecule has 0 bridgehead atoms. The van der Waals surface area contributed by atoms with Gasteiger partial charge in [0.25, 0.3) is 0 Å². The van der Waals surface area contributed by atoms with Gasteiger partial charge >= 0.3 is 0 Å². The zero-order valence-corrected chi connectivity index (χ0v) is 12.7. The Balaban J connectivity index is 1.79. The second-order valence-corrected chi connectivity index (χ2v) is 6.35.